The van der Waals surface area contributed by atoms with Gasteiger partial charge in [-0.25, -0.2) is 4.90 Å². The largest absolute Gasteiger partial charge is 0.373 e. The Morgan fingerprint density at radius 3 is 2.65 bits per heavy atom. The first-order chi connectivity index (χ1) is 11.2. The Bertz CT molecular complexity index is 445. The van der Waals surface area contributed by atoms with Crippen LogP contribution in [0.25, 0.3) is 0 Å². The summed E-state index contributed by atoms with van der Waals surface area (Å²) >= 11 is 0. The highest BCUT2D eigenvalue weighted by molar-refractivity contribution is 5.04. The van der Waals surface area contributed by atoms with Crippen LogP contribution < -0.4 is 0 Å². The molecule has 4 fully saturated rings. The van der Waals surface area contributed by atoms with Crippen molar-refractivity contribution in [2.75, 3.05) is 19.8 Å². The van der Waals surface area contributed by atoms with Gasteiger partial charge in [0.1, 0.15) is 0 Å². The minimum Gasteiger partial charge on any atom is -0.373 e. The van der Waals surface area contributed by atoms with Crippen LogP contribution in [0.15, 0.2) is 12.7 Å². The van der Waals surface area contributed by atoms with Gasteiger partial charge in [-0.1, -0.05) is 6.08 Å². The fourth-order valence-corrected chi connectivity index (χ4v) is 5.17. The van der Waals surface area contributed by atoms with E-state index in [2.05, 4.69) is 17.6 Å². The summed E-state index contributed by atoms with van der Waals surface area (Å²) in [5.41, 5.74) is 0. The SMILES string of the molecule is C=CC1CC(N2CC(C)OC2O)CCC1C1CC2OCCOC21. The van der Waals surface area contributed by atoms with Gasteiger partial charge < -0.3 is 19.3 Å². The second kappa shape index (κ2) is 6.45. The lowest BCUT2D eigenvalue weighted by Gasteiger charge is -2.53. The van der Waals surface area contributed by atoms with Crippen molar-refractivity contribution in [1.82, 2.24) is 4.90 Å². The summed E-state index contributed by atoms with van der Waals surface area (Å²) in [5.74, 6) is 1.75. The van der Waals surface area contributed by atoms with Crippen molar-refractivity contribution in [3.63, 3.8) is 0 Å². The van der Waals surface area contributed by atoms with Gasteiger partial charge in [0.2, 0.25) is 6.41 Å². The molecule has 2 aliphatic heterocycles. The van der Waals surface area contributed by atoms with E-state index >= 15 is 0 Å². The predicted octanol–water partition coefficient (Wildman–Crippen LogP) is 1.76. The highest BCUT2D eigenvalue weighted by atomic mass is 16.6. The molecule has 0 aromatic heterocycles. The van der Waals surface area contributed by atoms with Crippen molar-refractivity contribution < 1.29 is 19.3 Å². The summed E-state index contributed by atoms with van der Waals surface area (Å²) in [7, 11) is 0. The average Bonchev–Trinajstić information content (AvgIpc) is 2.87. The number of fused-ring (bicyclic) bond motifs is 1. The summed E-state index contributed by atoms with van der Waals surface area (Å²) in [6.07, 6.45) is 6.63. The molecule has 5 heteroatoms. The Morgan fingerprint density at radius 2 is 1.96 bits per heavy atom. The van der Waals surface area contributed by atoms with Crippen LogP contribution in [0.3, 0.4) is 0 Å². The number of allylic oxidation sites excluding steroid dienone is 1. The molecule has 0 aromatic rings. The summed E-state index contributed by atoms with van der Waals surface area (Å²) in [6, 6.07) is 0.397. The first-order valence-corrected chi connectivity index (χ1v) is 9.12. The van der Waals surface area contributed by atoms with Gasteiger partial charge in [0.25, 0.3) is 0 Å². The lowest BCUT2D eigenvalue weighted by atomic mass is 9.61. The Balaban J connectivity index is 1.39. The highest BCUT2D eigenvalue weighted by Crippen LogP contribution is 2.48. The van der Waals surface area contributed by atoms with Gasteiger partial charge in [0.05, 0.1) is 31.5 Å². The normalized spacial score (nSPS) is 51.0. The maximum absolute atomic E-state index is 10.1. The fraction of sp³-hybridized carbons (Fsp3) is 0.889. The molecular weight excluding hydrogens is 294 g/mol. The van der Waals surface area contributed by atoms with Gasteiger partial charge >= 0.3 is 0 Å². The predicted molar refractivity (Wildman–Crippen MR) is 85.7 cm³/mol. The first-order valence-electron chi connectivity index (χ1n) is 9.12. The van der Waals surface area contributed by atoms with Gasteiger partial charge in [-0.2, -0.15) is 0 Å². The van der Waals surface area contributed by atoms with Gasteiger partial charge in [0, 0.05) is 12.6 Å². The zero-order valence-electron chi connectivity index (χ0n) is 14.0. The molecule has 8 atom stereocenters. The summed E-state index contributed by atoms with van der Waals surface area (Å²) in [5, 5.41) is 10.1. The van der Waals surface area contributed by atoms with Crippen LogP contribution in [0.2, 0.25) is 0 Å². The molecule has 1 N–H and O–H groups in total. The van der Waals surface area contributed by atoms with E-state index in [1.54, 1.807) is 0 Å². The molecule has 5 nitrogen and oxygen atoms in total. The van der Waals surface area contributed by atoms with Crippen molar-refractivity contribution in [2.45, 2.75) is 63.4 Å². The summed E-state index contributed by atoms with van der Waals surface area (Å²) in [4.78, 5) is 2.13. The van der Waals surface area contributed by atoms with Gasteiger partial charge in [-0.3, -0.25) is 0 Å². The van der Waals surface area contributed by atoms with E-state index in [9.17, 15) is 5.11 Å². The number of aliphatic hydroxyl groups excluding tert-OH is 1. The van der Waals surface area contributed by atoms with Crippen LogP contribution in [0.5, 0.6) is 0 Å². The third-order valence-corrected chi connectivity index (χ3v) is 6.37. The van der Waals surface area contributed by atoms with Crippen LogP contribution in [0.4, 0.5) is 0 Å². The number of rotatable bonds is 3. The Morgan fingerprint density at radius 1 is 1.13 bits per heavy atom. The number of hydrogen-bond acceptors (Lipinski definition) is 5. The lowest BCUT2D eigenvalue weighted by molar-refractivity contribution is -0.232. The summed E-state index contributed by atoms with van der Waals surface area (Å²) < 4.78 is 17.2. The van der Waals surface area contributed by atoms with E-state index in [1.165, 1.54) is 6.42 Å². The van der Waals surface area contributed by atoms with Crippen LogP contribution in [0, 0.1) is 17.8 Å². The molecular formula is C18H29NO4. The smallest absolute Gasteiger partial charge is 0.216 e. The van der Waals surface area contributed by atoms with E-state index in [4.69, 9.17) is 14.2 Å². The third-order valence-electron chi connectivity index (χ3n) is 6.37. The highest BCUT2D eigenvalue weighted by Gasteiger charge is 2.51. The Labute approximate surface area is 138 Å². The van der Waals surface area contributed by atoms with Crippen LogP contribution in [-0.4, -0.2) is 60.5 Å². The first kappa shape index (κ1) is 16.0. The monoisotopic (exact) mass is 323 g/mol. The Hall–Kier alpha value is -0.460. The molecule has 2 saturated heterocycles. The number of nitrogens with zero attached hydrogens (tertiary/aromatic N) is 1. The molecule has 23 heavy (non-hydrogen) atoms. The number of ether oxygens (including phenoxy) is 3. The van der Waals surface area contributed by atoms with E-state index in [0.717, 1.165) is 39.0 Å². The molecule has 0 spiro atoms. The zero-order valence-corrected chi connectivity index (χ0v) is 14.0. The molecule has 4 aliphatic rings. The molecule has 0 amide bonds. The number of hydrogen-bond donors (Lipinski definition) is 1. The Kier molecular flexibility index (Phi) is 4.50. The second-order valence-corrected chi connectivity index (χ2v) is 7.64. The molecule has 130 valence electrons. The van der Waals surface area contributed by atoms with Crippen LogP contribution in [0.1, 0.15) is 32.6 Å². The van der Waals surface area contributed by atoms with Gasteiger partial charge in [-0.15, -0.1) is 6.58 Å². The standard InChI is InChI=1S/C18H29NO4/c1-3-12-8-13(19-10-11(2)23-18(19)20)4-5-14(12)15-9-16-17(15)22-7-6-21-16/h3,11-18,20H,1,4-10H2,2H3. The van der Waals surface area contributed by atoms with E-state index in [-0.39, 0.29) is 6.10 Å². The molecule has 8 unspecified atom stereocenters. The van der Waals surface area contributed by atoms with Crippen molar-refractivity contribution in [3.05, 3.63) is 12.7 Å². The minimum absolute atomic E-state index is 0.116. The zero-order chi connectivity index (χ0) is 16.0. The van der Waals surface area contributed by atoms with E-state index in [1.807, 2.05) is 6.92 Å². The van der Waals surface area contributed by atoms with Crippen molar-refractivity contribution in [3.8, 4) is 0 Å². The van der Waals surface area contributed by atoms with Crippen molar-refractivity contribution >= 4 is 0 Å². The molecule has 2 saturated carbocycles. The van der Waals surface area contributed by atoms with Crippen LogP contribution >= 0.6 is 0 Å². The molecule has 2 heterocycles. The molecule has 4 rings (SSSR count). The summed E-state index contributed by atoms with van der Waals surface area (Å²) in [6.45, 7) is 8.42. The van der Waals surface area contributed by atoms with Gasteiger partial charge in [-0.05, 0) is 50.4 Å². The molecule has 0 bridgehead atoms. The van der Waals surface area contributed by atoms with E-state index < -0.39 is 6.41 Å². The van der Waals surface area contributed by atoms with Crippen molar-refractivity contribution in [1.29, 1.82) is 0 Å². The topological polar surface area (TPSA) is 51.2 Å². The second-order valence-electron chi connectivity index (χ2n) is 7.64. The van der Waals surface area contributed by atoms with Crippen molar-refractivity contribution in [2.24, 2.45) is 17.8 Å². The van der Waals surface area contributed by atoms with E-state index in [0.29, 0.717) is 36.0 Å². The number of aliphatic hydroxyl groups is 1. The minimum atomic E-state index is -0.736. The molecule has 0 aromatic carbocycles. The fourth-order valence-electron chi connectivity index (χ4n) is 5.17. The molecule has 0 radical (unpaired) electrons. The molecule has 2 aliphatic carbocycles. The van der Waals surface area contributed by atoms with Crippen LogP contribution in [-0.2, 0) is 14.2 Å². The lowest BCUT2D eigenvalue weighted by Crippen LogP contribution is -2.58. The maximum Gasteiger partial charge on any atom is 0.216 e. The average molecular weight is 323 g/mol. The quantitative estimate of drug-likeness (QED) is 0.802. The van der Waals surface area contributed by atoms with Gasteiger partial charge in [0.15, 0.2) is 0 Å². The maximum atomic E-state index is 10.1. The third kappa shape index (κ3) is 2.87.